The molecule has 10 heteroatoms. The highest BCUT2D eigenvalue weighted by atomic mass is 16.5. The Balaban J connectivity index is 0.891. The lowest BCUT2D eigenvalue weighted by molar-refractivity contribution is -0.138. The van der Waals surface area contributed by atoms with Gasteiger partial charge in [-0.1, -0.05) is 60.7 Å². The number of ether oxygens (including phenoxy) is 6. The molecule has 0 fully saturated rings. The molecule has 0 bridgehead atoms. The van der Waals surface area contributed by atoms with Gasteiger partial charge in [0.15, 0.2) is 0 Å². The van der Waals surface area contributed by atoms with Crippen molar-refractivity contribution in [3.63, 3.8) is 0 Å². The highest BCUT2D eigenvalue weighted by Crippen LogP contribution is 2.22. The van der Waals surface area contributed by atoms with Crippen molar-refractivity contribution in [1.82, 2.24) is 0 Å². The standard InChI is InChI=1S/C50H50O10/c51-47(33-19-39-15-7-5-8-16-39)57-37-13-3-1-11-35-55-43-25-21-41(22-26-43)49(53)59-45-29-31-46(32-30-45)60-50(54)42-23-27-44(28-24-42)56-36-12-2-4-14-38-58-48(52)34-20-40-17-9-6-10-18-40/h5-10,15-34H,1-4,11-14,35-38H2/b33-19+,34-20+. The van der Waals surface area contributed by atoms with Gasteiger partial charge < -0.3 is 28.4 Å². The molecule has 0 aliphatic carbocycles. The van der Waals surface area contributed by atoms with Crippen molar-refractivity contribution in [2.45, 2.75) is 51.4 Å². The Hall–Kier alpha value is -6.94. The monoisotopic (exact) mass is 810 g/mol. The normalized spacial score (nSPS) is 10.9. The van der Waals surface area contributed by atoms with Crippen molar-refractivity contribution in [2.24, 2.45) is 0 Å². The molecular formula is C50H50O10. The number of carbonyl (C=O) groups is 4. The Morgan fingerprint density at radius 2 is 0.700 bits per heavy atom. The van der Waals surface area contributed by atoms with Crippen LogP contribution >= 0.6 is 0 Å². The zero-order valence-electron chi connectivity index (χ0n) is 33.6. The lowest BCUT2D eigenvalue weighted by Crippen LogP contribution is -2.10. The largest absolute Gasteiger partial charge is 0.494 e. The number of carbonyl (C=O) groups excluding carboxylic acids is 4. The summed E-state index contributed by atoms with van der Waals surface area (Å²) >= 11 is 0. The van der Waals surface area contributed by atoms with Crippen LogP contribution in [0.4, 0.5) is 0 Å². The second-order valence-electron chi connectivity index (χ2n) is 13.6. The third-order valence-electron chi connectivity index (χ3n) is 8.95. The number of hydrogen-bond donors (Lipinski definition) is 0. The lowest BCUT2D eigenvalue weighted by Gasteiger charge is -2.09. The van der Waals surface area contributed by atoms with Gasteiger partial charge in [0, 0.05) is 12.2 Å². The van der Waals surface area contributed by atoms with E-state index in [1.807, 2.05) is 60.7 Å². The van der Waals surface area contributed by atoms with Gasteiger partial charge in [0.2, 0.25) is 0 Å². The molecule has 0 heterocycles. The van der Waals surface area contributed by atoms with Crippen LogP contribution in [-0.4, -0.2) is 50.3 Å². The summed E-state index contributed by atoms with van der Waals surface area (Å²) in [4.78, 5) is 49.2. The highest BCUT2D eigenvalue weighted by molar-refractivity contribution is 5.92. The van der Waals surface area contributed by atoms with Gasteiger partial charge in [0.25, 0.3) is 0 Å². The van der Waals surface area contributed by atoms with Crippen molar-refractivity contribution in [3.8, 4) is 23.0 Å². The molecule has 0 unspecified atom stereocenters. The second-order valence-corrected chi connectivity index (χ2v) is 13.6. The van der Waals surface area contributed by atoms with Crippen LogP contribution in [-0.2, 0) is 19.1 Å². The molecule has 5 aromatic rings. The molecule has 5 rings (SSSR count). The first-order valence-electron chi connectivity index (χ1n) is 20.2. The fourth-order valence-electron chi connectivity index (χ4n) is 5.68. The molecule has 0 aliphatic heterocycles. The van der Waals surface area contributed by atoms with Crippen LogP contribution in [0.5, 0.6) is 23.0 Å². The summed E-state index contributed by atoms with van der Waals surface area (Å²) in [6, 6.07) is 38.8. The number of unbranched alkanes of at least 4 members (excludes halogenated alkanes) is 6. The van der Waals surface area contributed by atoms with Gasteiger partial charge in [-0.2, -0.15) is 0 Å². The summed E-state index contributed by atoms with van der Waals surface area (Å²) in [5.74, 6) is 0.136. The molecule has 0 aromatic heterocycles. The Labute approximate surface area is 351 Å². The molecule has 0 radical (unpaired) electrons. The number of esters is 4. The molecule has 0 aliphatic rings. The summed E-state index contributed by atoms with van der Waals surface area (Å²) < 4.78 is 33.1. The van der Waals surface area contributed by atoms with Crippen molar-refractivity contribution >= 4 is 36.0 Å². The van der Waals surface area contributed by atoms with Gasteiger partial charge in [0.1, 0.15) is 23.0 Å². The summed E-state index contributed by atoms with van der Waals surface area (Å²) in [6.07, 6.45) is 13.3. The molecule has 60 heavy (non-hydrogen) atoms. The summed E-state index contributed by atoms with van der Waals surface area (Å²) in [7, 11) is 0. The molecule has 0 saturated heterocycles. The molecule has 10 nitrogen and oxygen atoms in total. The first-order valence-corrected chi connectivity index (χ1v) is 20.2. The van der Waals surface area contributed by atoms with E-state index in [0.717, 1.165) is 62.5 Å². The van der Waals surface area contributed by atoms with E-state index < -0.39 is 11.9 Å². The van der Waals surface area contributed by atoms with Crippen LogP contribution in [0.25, 0.3) is 12.2 Å². The number of hydrogen-bond acceptors (Lipinski definition) is 10. The minimum absolute atomic E-state index is 0.301. The molecule has 0 atom stereocenters. The first-order chi connectivity index (χ1) is 29.4. The van der Waals surface area contributed by atoms with Gasteiger partial charge in [0.05, 0.1) is 37.6 Å². The number of benzene rings is 5. The molecule has 0 N–H and O–H groups in total. The van der Waals surface area contributed by atoms with E-state index in [1.165, 1.54) is 12.2 Å². The minimum Gasteiger partial charge on any atom is -0.494 e. The van der Waals surface area contributed by atoms with Crippen LogP contribution in [0.15, 0.2) is 146 Å². The second kappa shape index (κ2) is 25.4. The summed E-state index contributed by atoms with van der Waals surface area (Å²) in [5, 5.41) is 0. The molecule has 5 aromatic carbocycles. The number of rotatable bonds is 24. The van der Waals surface area contributed by atoms with E-state index in [2.05, 4.69) is 0 Å². The smallest absolute Gasteiger partial charge is 0.343 e. The predicted octanol–water partition coefficient (Wildman–Crippen LogP) is 10.5. The highest BCUT2D eigenvalue weighted by Gasteiger charge is 2.12. The van der Waals surface area contributed by atoms with Gasteiger partial charge in [-0.3, -0.25) is 0 Å². The maximum atomic E-state index is 12.7. The van der Waals surface area contributed by atoms with Crippen LogP contribution < -0.4 is 18.9 Å². The molecule has 0 amide bonds. The molecule has 0 saturated carbocycles. The molecule has 0 spiro atoms. The van der Waals surface area contributed by atoms with Gasteiger partial charge in [-0.25, -0.2) is 19.2 Å². The fraction of sp³-hybridized carbons (Fsp3) is 0.240. The maximum Gasteiger partial charge on any atom is 0.343 e. The quantitative estimate of drug-likeness (QED) is 0.0257. The lowest BCUT2D eigenvalue weighted by atomic mass is 10.2. The van der Waals surface area contributed by atoms with Gasteiger partial charge >= 0.3 is 23.9 Å². The van der Waals surface area contributed by atoms with E-state index in [-0.39, 0.29) is 11.9 Å². The Kier molecular flexibility index (Phi) is 18.7. The van der Waals surface area contributed by atoms with Crippen LogP contribution in [0.3, 0.4) is 0 Å². The molecular weight excluding hydrogens is 761 g/mol. The van der Waals surface area contributed by atoms with E-state index in [0.29, 0.717) is 60.6 Å². The third-order valence-corrected chi connectivity index (χ3v) is 8.95. The average Bonchev–Trinajstić information content (AvgIpc) is 3.28. The Bertz CT molecular complexity index is 1950. The van der Waals surface area contributed by atoms with Crippen LogP contribution in [0.2, 0.25) is 0 Å². The first kappa shape index (κ1) is 44.2. The summed E-state index contributed by atoms with van der Waals surface area (Å²) in [6.45, 7) is 1.81. The van der Waals surface area contributed by atoms with E-state index in [1.54, 1.807) is 84.9 Å². The van der Waals surface area contributed by atoms with Crippen molar-refractivity contribution in [2.75, 3.05) is 26.4 Å². The van der Waals surface area contributed by atoms with Crippen molar-refractivity contribution in [1.29, 1.82) is 0 Å². The Morgan fingerprint density at radius 1 is 0.367 bits per heavy atom. The third kappa shape index (κ3) is 16.9. The van der Waals surface area contributed by atoms with E-state index in [4.69, 9.17) is 28.4 Å². The van der Waals surface area contributed by atoms with Gasteiger partial charge in [-0.15, -0.1) is 0 Å². The van der Waals surface area contributed by atoms with Crippen LogP contribution in [0, 0.1) is 0 Å². The zero-order chi connectivity index (χ0) is 42.0. The minimum atomic E-state index is -0.532. The van der Waals surface area contributed by atoms with E-state index >= 15 is 0 Å². The zero-order valence-corrected chi connectivity index (χ0v) is 33.6. The topological polar surface area (TPSA) is 124 Å². The fourth-order valence-corrected chi connectivity index (χ4v) is 5.68. The predicted molar refractivity (Wildman–Crippen MR) is 230 cm³/mol. The van der Waals surface area contributed by atoms with Crippen molar-refractivity contribution in [3.05, 3.63) is 168 Å². The maximum absolute atomic E-state index is 12.7. The van der Waals surface area contributed by atoms with Crippen molar-refractivity contribution < 1.29 is 47.6 Å². The average molecular weight is 811 g/mol. The van der Waals surface area contributed by atoms with E-state index in [9.17, 15) is 19.2 Å². The Morgan fingerprint density at radius 3 is 1.07 bits per heavy atom. The SMILES string of the molecule is O=C(/C=C/c1ccccc1)OCCCCCCOc1ccc(C(=O)Oc2ccc(OC(=O)c3ccc(OCCCCCCOC(=O)/C=C/c4ccccc4)cc3)cc2)cc1. The van der Waals surface area contributed by atoms with Gasteiger partial charge in [-0.05, 0) is 147 Å². The van der Waals surface area contributed by atoms with Crippen LogP contribution in [0.1, 0.15) is 83.2 Å². The molecule has 310 valence electrons. The summed E-state index contributed by atoms with van der Waals surface area (Å²) in [5.41, 5.74) is 2.62.